The number of anilines is 2. The van der Waals surface area contributed by atoms with Crippen LogP contribution in [0.5, 0.6) is 0 Å². The van der Waals surface area contributed by atoms with Crippen LogP contribution in [0.4, 0.5) is 11.8 Å². The molecule has 2 aliphatic heterocycles. The van der Waals surface area contributed by atoms with E-state index in [9.17, 15) is 9.59 Å². The number of nitrogens with two attached hydrogens (primary N) is 2. The molecule has 11 heteroatoms. The van der Waals surface area contributed by atoms with E-state index in [0.29, 0.717) is 38.8 Å². The number of amides is 2. The lowest BCUT2D eigenvalue weighted by molar-refractivity contribution is -0.135. The normalized spacial score (nSPS) is 16.7. The molecule has 1 fully saturated rings. The lowest BCUT2D eigenvalue weighted by Crippen LogP contribution is -2.43. The summed E-state index contributed by atoms with van der Waals surface area (Å²) < 4.78 is 5.47. The van der Waals surface area contributed by atoms with Crippen LogP contribution in [-0.4, -0.2) is 65.2 Å². The van der Waals surface area contributed by atoms with Gasteiger partial charge in [-0.3, -0.25) is 9.59 Å². The van der Waals surface area contributed by atoms with Gasteiger partial charge in [-0.2, -0.15) is 10.1 Å². The molecule has 0 saturated carbocycles. The Morgan fingerprint density at radius 3 is 2.79 bits per heavy atom. The predicted molar refractivity (Wildman–Crippen MR) is 124 cm³/mol. The maximum Gasteiger partial charge on any atom is 0.245 e. The lowest BCUT2D eigenvalue weighted by atomic mass is 10.2. The number of primary amides is 1. The number of nitrogens with zero attached hydrogens (tertiary/aromatic N) is 5. The Morgan fingerprint density at radius 1 is 1.27 bits per heavy atom. The summed E-state index contributed by atoms with van der Waals surface area (Å²) in [5.74, 6) is 0.135. The van der Waals surface area contributed by atoms with Crippen LogP contribution in [-0.2, 0) is 27.4 Å². The number of rotatable bonds is 7. The molecule has 3 heterocycles. The molecular formula is C22H28N8O3. The highest BCUT2D eigenvalue weighted by Crippen LogP contribution is 2.31. The molecule has 1 saturated heterocycles. The molecule has 1 aromatic heterocycles. The maximum atomic E-state index is 12.8. The van der Waals surface area contributed by atoms with Gasteiger partial charge in [-0.15, -0.1) is 0 Å². The van der Waals surface area contributed by atoms with Gasteiger partial charge < -0.3 is 26.0 Å². The standard InChI is InChI=1S/C22H28N8O3/c1-14-3-2-4-15(9-14)11-25-28-22-26-18-13-30(21(32)17(23)10-19(24)31)12-16(18)20(27-22)29-5-7-33-8-6-29/h2-4,9,11,17H,5-8,10,12-13,23H2,1H3,(H2,24,31)(H,26,27,28)/b25-11+/t17-/m0/s1. The fourth-order valence-corrected chi connectivity index (χ4v) is 3.93. The van der Waals surface area contributed by atoms with E-state index >= 15 is 0 Å². The molecule has 2 aromatic rings. The van der Waals surface area contributed by atoms with Gasteiger partial charge in [0.2, 0.25) is 17.8 Å². The first-order chi connectivity index (χ1) is 15.9. The molecule has 0 aliphatic carbocycles. The van der Waals surface area contributed by atoms with Crippen molar-refractivity contribution in [2.24, 2.45) is 16.6 Å². The van der Waals surface area contributed by atoms with Crippen molar-refractivity contribution >= 4 is 29.8 Å². The van der Waals surface area contributed by atoms with E-state index in [1.54, 1.807) is 11.1 Å². The maximum absolute atomic E-state index is 12.8. The highest BCUT2D eigenvalue weighted by Gasteiger charge is 2.33. The third-order valence-electron chi connectivity index (χ3n) is 5.54. The summed E-state index contributed by atoms with van der Waals surface area (Å²) in [5, 5.41) is 4.28. The zero-order valence-corrected chi connectivity index (χ0v) is 18.5. The molecule has 1 atom stereocenters. The zero-order valence-electron chi connectivity index (χ0n) is 18.5. The largest absolute Gasteiger partial charge is 0.378 e. The van der Waals surface area contributed by atoms with E-state index in [0.717, 1.165) is 28.2 Å². The molecule has 0 spiro atoms. The van der Waals surface area contributed by atoms with Crippen LogP contribution in [0.1, 0.15) is 28.8 Å². The summed E-state index contributed by atoms with van der Waals surface area (Å²) in [6.45, 7) is 5.18. The molecule has 0 bridgehead atoms. The van der Waals surface area contributed by atoms with Gasteiger partial charge >= 0.3 is 0 Å². The summed E-state index contributed by atoms with van der Waals surface area (Å²) in [7, 11) is 0. The molecule has 4 rings (SSSR count). The zero-order chi connectivity index (χ0) is 23.4. The number of ether oxygens (including phenoxy) is 1. The Labute approximate surface area is 191 Å². The molecule has 2 amide bonds. The van der Waals surface area contributed by atoms with E-state index in [4.69, 9.17) is 21.2 Å². The predicted octanol–water partition coefficient (Wildman–Crippen LogP) is 0.113. The van der Waals surface area contributed by atoms with Crippen LogP contribution in [0.3, 0.4) is 0 Å². The van der Waals surface area contributed by atoms with Crippen molar-refractivity contribution in [2.45, 2.75) is 32.5 Å². The van der Waals surface area contributed by atoms with Gasteiger partial charge in [0.05, 0.1) is 50.7 Å². The average molecular weight is 453 g/mol. The first kappa shape index (κ1) is 22.6. The number of carbonyl (C=O) groups excluding carboxylic acids is 2. The van der Waals surface area contributed by atoms with Crippen LogP contribution < -0.4 is 21.8 Å². The Morgan fingerprint density at radius 2 is 2.06 bits per heavy atom. The molecule has 0 radical (unpaired) electrons. The van der Waals surface area contributed by atoms with E-state index in [1.807, 2.05) is 31.2 Å². The molecular weight excluding hydrogens is 424 g/mol. The Bertz CT molecular complexity index is 1070. The van der Waals surface area contributed by atoms with E-state index < -0.39 is 11.9 Å². The summed E-state index contributed by atoms with van der Waals surface area (Å²) in [6.07, 6.45) is 1.50. The van der Waals surface area contributed by atoms with Crippen LogP contribution in [0.2, 0.25) is 0 Å². The average Bonchev–Trinajstić information content (AvgIpc) is 3.22. The van der Waals surface area contributed by atoms with Gasteiger partial charge in [0, 0.05) is 18.7 Å². The summed E-state index contributed by atoms with van der Waals surface area (Å²) in [6, 6.07) is 6.99. The number of morpholine rings is 1. The van der Waals surface area contributed by atoms with E-state index in [2.05, 4.69) is 20.4 Å². The van der Waals surface area contributed by atoms with Gasteiger partial charge in [0.15, 0.2) is 0 Å². The van der Waals surface area contributed by atoms with Gasteiger partial charge in [-0.25, -0.2) is 10.4 Å². The summed E-state index contributed by atoms with van der Waals surface area (Å²) in [4.78, 5) is 36.9. The van der Waals surface area contributed by atoms with Gasteiger partial charge in [0.25, 0.3) is 0 Å². The second-order valence-corrected chi connectivity index (χ2v) is 8.15. The van der Waals surface area contributed by atoms with Crippen molar-refractivity contribution in [3.63, 3.8) is 0 Å². The number of carbonyl (C=O) groups is 2. The molecule has 174 valence electrons. The number of aryl methyl sites for hydroxylation is 1. The minimum Gasteiger partial charge on any atom is -0.378 e. The minimum absolute atomic E-state index is 0.200. The number of benzene rings is 1. The first-order valence-corrected chi connectivity index (χ1v) is 10.8. The number of hydrogen-bond acceptors (Lipinski definition) is 9. The van der Waals surface area contributed by atoms with E-state index in [1.165, 1.54) is 0 Å². The van der Waals surface area contributed by atoms with Crippen LogP contribution >= 0.6 is 0 Å². The number of hydrogen-bond donors (Lipinski definition) is 3. The van der Waals surface area contributed by atoms with Crippen molar-refractivity contribution in [1.82, 2.24) is 14.9 Å². The SMILES string of the molecule is Cc1cccc(/C=N/Nc2nc3c(c(N4CCOCC4)n2)CN(C(=O)[C@@H](N)CC(N)=O)C3)c1. The lowest BCUT2D eigenvalue weighted by Gasteiger charge is -2.29. The summed E-state index contributed by atoms with van der Waals surface area (Å²) in [5.41, 5.74) is 17.7. The fourth-order valence-electron chi connectivity index (χ4n) is 3.93. The Balaban J connectivity index is 1.57. The van der Waals surface area contributed by atoms with Crippen LogP contribution in [0.25, 0.3) is 0 Å². The minimum atomic E-state index is -0.979. The van der Waals surface area contributed by atoms with Crippen molar-refractivity contribution in [2.75, 3.05) is 36.6 Å². The second kappa shape index (κ2) is 9.92. The molecule has 0 unspecified atom stereocenters. The first-order valence-electron chi connectivity index (χ1n) is 10.8. The number of fused-ring (bicyclic) bond motifs is 1. The number of aromatic nitrogens is 2. The van der Waals surface area contributed by atoms with Crippen molar-refractivity contribution < 1.29 is 14.3 Å². The number of nitrogens with one attached hydrogen (secondary N) is 1. The Kier molecular flexibility index (Phi) is 6.80. The molecule has 5 N–H and O–H groups in total. The highest BCUT2D eigenvalue weighted by atomic mass is 16.5. The van der Waals surface area contributed by atoms with Crippen molar-refractivity contribution in [3.05, 3.63) is 46.6 Å². The topological polar surface area (TPSA) is 152 Å². The number of hydrazone groups is 1. The van der Waals surface area contributed by atoms with Gasteiger partial charge in [0.1, 0.15) is 5.82 Å². The molecule has 1 aromatic carbocycles. The highest BCUT2D eigenvalue weighted by molar-refractivity contribution is 5.88. The third-order valence-corrected chi connectivity index (χ3v) is 5.54. The summed E-state index contributed by atoms with van der Waals surface area (Å²) >= 11 is 0. The second-order valence-electron chi connectivity index (χ2n) is 8.15. The van der Waals surface area contributed by atoms with E-state index in [-0.39, 0.29) is 18.9 Å². The van der Waals surface area contributed by atoms with Crippen molar-refractivity contribution in [1.29, 1.82) is 0 Å². The Hall–Kier alpha value is -3.57. The smallest absolute Gasteiger partial charge is 0.245 e. The van der Waals surface area contributed by atoms with Crippen LogP contribution in [0, 0.1) is 6.92 Å². The van der Waals surface area contributed by atoms with Crippen LogP contribution in [0.15, 0.2) is 29.4 Å². The quantitative estimate of drug-likeness (QED) is 0.395. The monoisotopic (exact) mass is 452 g/mol. The van der Waals surface area contributed by atoms with Gasteiger partial charge in [-0.1, -0.05) is 29.8 Å². The molecule has 33 heavy (non-hydrogen) atoms. The van der Waals surface area contributed by atoms with Gasteiger partial charge in [-0.05, 0) is 12.5 Å². The molecule has 11 nitrogen and oxygen atoms in total. The fraction of sp³-hybridized carbons (Fsp3) is 0.409. The van der Waals surface area contributed by atoms with Crippen molar-refractivity contribution in [3.8, 4) is 0 Å². The molecule has 2 aliphatic rings. The third kappa shape index (κ3) is 5.44.